The van der Waals surface area contributed by atoms with Gasteiger partial charge in [-0.05, 0) is 37.6 Å². The number of amides is 3. The van der Waals surface area contributed by atoms with Crippen molar-refractivity contribution < 1.29 is 9.59 Å². The van der Waals surface area contributed by atoms with Crippen LogP contribution in [-0.4, -0.2) is 39.0 Å². The van der Waals surface area contributed by atoms with Crippen LogP contribution in [0, 0.1) is 0 Å². The van der Waals surface area contributed by atoms with Crippen molar-refractivity contribution in [2.45, 2.75) is 32.0 Å². The Bertz CT molecular complexity index is 733. The molecule has 0 unspecified atom stereocenters. The predicted octanol–water partition coefficient (Wildman–Crippen LogP) is 2.95. The lowest BCUT2D eigenvalue weighted by Crippen LogP contribution is -2.40. The molecule has 134 valence electrons. The fourth-order valence-electron chi connectivity index (χ4n) is 2.07. The number of halogens is 1. The monoisotopic (exact) mass is 381 g/mol. The minimum absolute atomic E-state index is 0.0816. The molecule has 7 nitrogen and oxygen atoms in total. The Kier molecular flexibility index (Phi) is 7.27. The van der Waals surface area contributed by atoms with Crippen LogP contribution in [0.25, 0.3) is 11.4 Å². The van der Waals surface area contributed by atoms with Crippen LogP contribution in [0.4, 0.5) is 4.79 Å². The van der Waals surface area contributed by atoms with E-state index in [9.17, 15) is 9.59 Å². The molecule has 9 heteroatoms. The second-order valence-corrected chi connectivity index (χ2v) is 6.53. The lowest BCUT2D eigenvalue weighted by molar-refractivity contribution is -0.117. The van der Waals surface area contributed by atoms with Gasteiger partial charge in [-0.3, -0.25) is 10.1 Å². The molecule has 0 fully saturated rings. The molecule has 0 bridgehead atoms. The highest BCUT2D eigenvalue weighted by Gasteiger charge is 2.15. The Hall–Kier alpha value is -2.06. The average molecular weight is 382 g/mol. The van der Waals surface area contributed by atoms with E-state index in [4.69, 9.17) is 11.6 Å². The van der Waals surface area contributed by atoms with Crippen LogP contribution in [0.1, 0.15) is 20.3 Å². The number of thioether (sulfide) groups is 1. The van der Waals surface area contributed by atoms with E-state index in [1.807, 2.05) is 30.5 Å². The first-order valence-corrected chi connectivity index (χ1v) is 9.31. The van der Waals surface area contributed by atoms with E-state index in [1.54, 1.807) is 12.1 Å². The van der Waals surface area contributed by atoms with Gasteiger partial charge in [-0.25, -0.2) is 4.79 Å². The number of nitrogens with zero attached hydrogens (tertiary/aromatic N) is 3. The van der Waals surface area contributed by atoms with E-state index in [0.29, 0.717) is 29.1 Å². The SMILES string of the molecule is CCCNC(=O)NC(=O)CSc1nnc(-c2ccc(Cl)cc2)n1CC. The standard InChI is InChI=1S/C16H20ClN5O2S/c1-3-9-18-15(24)19-13(23)10-25-16-21-20-14(22(16)4-2)11-5-7-12(17)8-6-11/h5-8H,3-4,9-10H2,1-2H3,(H2,18,19,23,24). The van der Waals surface area contributed by atoms with Gasteiger partial charge in [-0.2, -0.15) is 0 Å². The third-order valence-electron chi connectivity index (χ3n) is 3.26. The molecule has 2 aromatic rings. The maximum absolute atomic E-state index is 11.8. The van der Waals surface area contributed by atoms with Crippen molar-refractivity contribution in [2.24, 2.45) is 0 Å². The van der Waals surface area contributed by atoms with Gasteiger partial charge in [-0.1, -0.05) is 30.3 Å². The van der Waals surface area contributed by atoms with Gasteiger partial charge < -0.3 is 9.88 Å². The number of benzene rings is 1. The van der Waals surface area contributed by atoms with Crippen LogP contribution in [-0.2, 0) is 11.3 Å². The van der Waals surface area contributed by atoms with Gasteiger partial charge in [-0.15, -0.1) is 10.2 Å². The third kappa shape index (κ3) is 5.47. The highest BCUT2D eigenvalue weighted by Crippen LogP contribution is 2.24. The minimum atomic E-state index is -0.480. The molecular formula is C16H20ClN5O2S. The number of aromatic nitrogens is 3. The van der Waals surface area contributed by atoms with Crippen LogP contribution in [0.2, 0.25) is 5.02 Å². The third-order valence-corrected chi connectivity index (χ3v) is 4.48. The van der Waals surface area contributed by atoms with Crippen molar-refractivity contribution in [1.29, 1.82) is 0 Å². The van der Waals surface area contributed by atoms with Gasteiger partial charge in [0.15, 0.2) is 11.0 Å². The zero-order valence-corrected chi connectivity index (χ0v) is 15.7. The largest absolute Gasteiger partial charge is 0.338 e. The van der Waals surface area contributed by atoms with Gasteiger partial charge in [0.05, 0.1) is 5.75 Å². The molecule has 1 heterocycles. The number of nitrogens with one attached hydrogen (secondary N) is 2. The van der Waals surface area contributed by atoms with E-state index < -0.39 is 6.03 Å². The number of hydrogen-bond acceptors (Lipinski definition) is 5. The lowest BCUT2D eigenvalue weighted by atomic mass is 10.2. The molecule has 0 spiro atoms. The number of imide groups is 1. The van der Waals surface area contributed by atoms with E-state index >= 15 is 0 Å². The normalized spacial score (nSPS) is 10.5. The number of urea groups is 1. The fraction of sp³-hybridized carbons (Fsp3) is 0.375. The maximum atomic E-state index is 11.8. The van der Waals surface area contributed by atoms with Crippen LogP contribution >= 0.6 is 23.4 Å². The zero-order valence-electron chi connectivity index (χ0n) is 14.1. The number of rotatable bonds is 7. The molecular weight excluding hydrogens is 362 g/mol. The minimum Gasteiger partial charge on any atom is -0.338 e. The molecule has 0 radical (unpaired) electrons. The lowest BCUT2D eigenvalue weighted by Gasteiger charge is -2.08. The van der Waals surface area contributed by atoms with Crippen molar-refractivity contribution in [3.63, 3.8) is 0 Å². The number of carbonyl (C=O) groups excluding carboxylic acids is 2. The first kappa shape index (κ1) is 19.3. The second-order valence-electron chi connectivity index (χ2n) is 5.15. The van der Waals surface area contributed by atoms with Crippen LogP contribution in [0.5, 0.6) is 0 Å². The van der Waals surface area contributed by atoms with Crippen molar-refractivity contribution >= 4 is 35.3 Å². The molecule has 25 heavy (non-hydrogen) atoms. The van der Waals surface area contributed by atoms with Crippen LogP contribution in [0.3, 0.4) is 0 Å². The van der Waals surface area contributed by atoms with E-state index in [-0.39, 0.29) is 11.7 Å². The van der Waals surface area contributed by atoms with Crippen molar-refractivity contribution in [3.8, 4) is 11.4 Å². The van der Waals surface area contributed by atoms with Gasteiger partial charge in [0.1, 0.15) is 0 Å². The quantitative estimate of drug-likeness (QED) is 0.720. The Morgan fingerprint density at radius 2 is 1.92 bits per heavy atom. The first-order chi connectivity index (χ1) is 12.0. The molecule has 0 saturated heterocycles. The Labute approximate surface area is 155 Å². The summed E-state index contributed by atoms with van der Waals surface area (Å²) in [6.45, 7) is 5.10. The van der Waals surface area contributed by atoms with Crippen molar-refractivity contribution in [1.82, 2.24) is 25.4 Å². The summed E-state index contributed by atoms with van der Waals surface area (Å²) in [6, 6.07) is 6.85. The molecule has 0 aliphatic carbocycles. The molecule has 3 amide bonds. The second kappa shape index (κ2) is 9.43. The molecule has 0 aliphatic heterocycles. The first-order valence-electron chi connectivity index (χ1n) is 7.94. The Morgan fingerprint density at radius 3 is 2.56 bits per heavy atom. The highest BCUT2D eigenvalue weighted by molar-refractivity contribution is 7.99. The summed E-state index contributed by atoms with van der Waals surface area (Å²) in [6.07, 6.45) is 0.809. The molecule has 2 N–H and O–H groups in total. The summed E-state index contributed by atoms with van der Waals surface area (Å²) in [4.78, 5) is 23.3. The maximum Gasteiger partial charge on any atom is 0.321 e. The molecule has 1 aromatic heterocycles. The van der Waals surface area contributed by atoms with Crippen LogP contribution in [0.15, 0.2) is 29.4 Å². The van der Waals surface area contributed by atoms with Gasteiger partial charge >= 0.3 is 6.03 Å². The summed E-state index contributed by atoms with van der Waals surface area (Å²) in [5.41, 5.74) is 0.897. The van der Waals surface area contributed by atoms with Crippen molar-refractivity contribution in [2.75, 3.05) is 12.3 Å². The molecule has 0 atom stereocenters. The summed E-state index contributed by atoms with van der Waals surface area (Å²) >= 11 is 7.15. The summed E-state index contributed by atoms with van der Waals surface area (Å²) < 4.78 is 1.92. The fourth-order valence-corrected chi connectivity index (χ4v) is 3.00. The Balaban J connectivity index is 2.00. The van der Waals surface area contributed by atoms with Gasteiger partial charge in [0.2, 0.25) is 5.91 Å². The van der Waals surface area contributed by atoms with Gasteiger partial charge in [0.25, 0.3) is 0 Å². The highest BCUT2D eigenvalue weighted by atomic mass is 35.5. The van der Waals surface area contributed by atoms with Crippen molar-refractivity contribution in [3.05, 3.63) is 29.3 Å². The zero-order chi connectivity index (χ0) is 18.2. The average Bonchev–Trinajstić information content (AvgIpc) is 3.01. The molecule has 1 aromatic carbocycles. The number of carbonyl (C=O) groups is 2. The van der Waals surface area contributed by atoms with E-state index in [0.717, 1.165) is 12.0 Å². The summed E-state index contributed by atoms with van der Waals surface area (Å²) in [7, 11) is 0. The van der Waals surface area contributed by atoms with E-state index in [1.165, 1.54) is 11.8 Å². The van der Waals surface area contributed by atoms with Gasteiger partial charge in [0, 0.05) is 23.7 Å². The smallest absolute Gasteiger partial charge is 0.321 e. The molecule has 0 saturated carbocycles. The topological polar surface area (TPSA) is 88.9 Å². The molecule has 0 aliphatic rings. The molecule has 2 rings (SSSR count). The van der Waals surface area contributed by atoms with Crippen LogP contribution < -0.4 is 10.6 Å². The van der Waals surface area contributed by atoms with E-state index in [2.05, 4.69) is 20.8 Å². The Morgan fingerprint density at radius 1 is 1.20 bits per heavy atom. The summed E-state index contributed by atoms with van der Waals surface area (Å²) in [5, 5.41) is 14.5. The summed E-state index contributed by atoms with van der Waals surface area (Å²) in [5.74, 6) is 0.415. The number of hydrogen-bond donors (Lipinski definition) is 2. The predicted molar refractivity (Wildman–Crippen MR) is 98.7 cm³/mol.